The van der Waals surface area contributed by atoms with Crippen molar-refractivity contribution in [1.82, 2.24) is 9.88 Å². The molecule has 0 atom stereocenters. The lowest BCUT2D eigenvalue weighted by molar-refractivity contribution is 0.0985. The first kappa shape index (κ1) is 21.9. The monoisotopic (exact) mass is 495 g/mol. The van der Waals surface area contributed by atoms with Crippen LogP contribution in [0.4, 0.5) is 5.13 Å². The average Bonchev–Trinajstić information content (AvgIpc) is 3.10. The molecule has 0 saturated carbocycles. The summed E-state index contributed by atoms with van der Waals surface area (Å²) in [6, 6.07) is 11.9. The third-order valence-electron chi connectivity index (χ3n) is 4.43. The molecule has 0 saturated heterocycles. The molecule has 0 aliphatic carbocycles. The smallest absolute Gasteiger partial charge is 0.260 e. The van der Waals surface area contributed by atoms with E-state index in [9.17, 15) is 13.2 Å². The minimum atomic E-state index is -3.30. The molecule has 29 heavy (non-hydrogen) atoms. The van der Waals surface area contributed by atoms with Crippen molar-refractivity contribution >= 4 is 58.4 Å². The molecule has 0 spiro atoms. The van der Waals surface area contributed by atoms with E-state index < -0.39 is 9.84 Å². The summed E-state index contributed by atoms with van der Waals surface area (Å²) < 4.78 is 26.0. The number of sulfone groups is 1. The Bertz CT molecular complexity index is 1130. The highest BCUT2D eigenvalue weighted by atomic mass is 79.9. The first-order chi connectivity index (χ1) is 13.7. The molecule has 2 aromatic carbocycles. The maximum Gasteiger partial charge on any atom is 0.260 e. The van der Waals surface area contributed by atoms with Crippen molar-refractivity contribution in [1.29, 1.82) is 0 Å². The maximum absolute atomic E-state index is 13.2. The summed E-state index contributed by atoms with van der Waals surface area (Å²) in [5, 5.41) is 0.621. The molecule has 0 N–H and O–H groups in total. The predicted molar refractivity (Wildman–Crippen MR) is 122 cm³/mol. The van der Waals surface area contributed by atoms with Crippen LogP contribution < -0.4 is 4.90 Å². The van der Waals surface area contributed by atoms with Crippen molar-refractivity contribution < 1.29 is 13.2 Å². The van der Waals surface area contributed by atoms with Gasteiger partial charge in [0.15, 0.2) is 15.0 Å². The van der Waals surface area contributed by atoms with E-state index in [4.69, 9.17) is 0 Å². The van der Waals surface area contributed by atoms with Crippen molar-refractivity contribution in [2.24, 2.45) is 0 Å². The molecule has 1 aromatic heterocycles. The lowest BCUT2D eigenvalue weighted by atomic mass is 10.2. The number of hydrogen-bond acceptors (Lipinski definition) is 6. The number of thiazole rings is 1. The molecule has 9 heteroatoms. The van der Waals surface area contributed by atoms with Crippen LogP contribution in [0, 0.1) is 0 Å². The molecule has 0 fully saturated rings. The van der Waals surface area contributed by atoms with Gasteiger partial charge >= 0.3 is 0 Å². The number of hydrogen-bond donors (Lipinski definition) is 0. The lowest BCUT2D eigenvalue weighted by Crippen LogP contribution is -2.36. The van der Waals surface area contributed by atoms with Gasteiger partial charge in [0.25, 0.3) is 5.91 Å². The van der Waals surface area contributed by atoms with Gasteiger partial charge in [0, 0.05) is 23.1 Å². The van der Waals surface area contributed by atoms with Crippen LogP contribution in [-0.4, -0.2) is 57.1 Å². The number of benzene rings is 2. The van der Waals surface area contributed by atoms with Crippen molar-refractivity contribution in [2.75, 3.05) is 37.8 Å². The van der Waals surface area contributed by atoms with Gasteiger partial charge in [-0.1, -0.05) is 34.2 Å². The first-order valence-corrected chi connectivity index (χ1v) is 12.3. The Morgan fingerprint density at radius 1 is 1.10 bits per heavy atom. The molecule has 0 aliphatic heterocycles. The Morgan fingerprint density at radius 2 is 1.79 bits per heavy atom. The predicted octanol–water partition coefficient (Wildman–Crippen LogP) is 4.06. The summed E-state index contributed by atoms with van der Waals surface area (Å²) in [5.41, 5.74) is 1.26. The topological polar surface area (TPSA) is 70.6 Å². The second-order valence-corrected chi connectivity index (χ2v) is 11.0. The van der Waals surface area contributed by atoms with Crippen LogP contribution in [0.25, 0.3) is 10.2 Å². The Labute approximate surface area is 183 Å². The summed E-state index contributed by atoms with van der Waals surface area (Å²) >= 11 is 4.92. The average molecular weight is 496 g/mol. The van der Waals surface area contributed by atoms with Gasteiger partial charge in [-0.15, -0.1) is 0 Å². The number of rotatable bonds is 7. The van der Waals surface area contributed by atoms with E-state index >= 15 is 0 Å². The quantitative estimate of drug-likeness (QED) is 0.494. The van der Waals surface area contributed by atoms with Gasteiger partial charge < -0.3 is 4.90 Å². The van der Waals surface area contributed by atoms with Crippen LogP contribution in [0.5, 0.6) is 0 Å². The van der Waals surface area contributed by atoms with Crippen molar-refractivity contribution in [3.05, 3.63) is 52.5 Å². The number of halogens is 1. The Morgan fingerprint density at radius 3 is 2.41 bits per heavy atom. The van der Waals surface area contributed by atoms with E-state index in [1.165, 1.54) is 23.5 Å². The summed E-state index contributed by atoms with van der Waals surface area (Å²) in [4.78, 5) is 21.8. The van der Waals surface area contributed by atoms with Crippen LogP contribution in [0.3, 0.4) is 0 Å². The highest BCUT2D eigenvalue weighted by Crippen LogP contribution is 2.31. The Balaban J connectivity index is 1.96. The van der Waals surface area contributed by atoms with Crippen LogP contribution >= 0.6 is 27.3 Å². The van der Waals surface area contributed by atoms with Gasteiger partial charge in [-0.3, -0.25) is 9.69 Å². The van der Waals surface area contributed by atoms with Crippen molar-refractivity contribution in [3.63, 3.8) is 0 Å². The molecule has 154 valence electrons. The molecule has 3 aromatic rings. The SMILES string of the molecule is CCS(=O)(=O)c1ccc(C(=O)N(CCN(C)C)c2nc3ccc(Br)cc3s2)cc1. The van der Waals surface area contributed by atoms with Gasteiger partial charge in [-0.05, 0) is 56.6 Å². The summed E-state index contributed by atoms with van der Waals surface area (Å²) in [5.74, 6) is -0.179. The zero-order valence-electron chi connectivity index (χ0n) is 16.4. The molecule has 1 heterocycles. The molecule has 0 bridgehead atoms. The summed E-state index contributed by atoms with van der Waals surface area (Å²) in [6.07, 6.45) is 0. The summed E-state index contributed by atoms with van der Waals surface area (Å²) in [7, 11) is 0.592. The molecular formula is C20H22BrN3O3S2. The van der Waals surface area contributed by atoms with Gasteiger partial charge in [-0.25, -0.2) is 13.4 Å². The second-order valence-electron chi connectivity index (χ2n) is 6.80. The number of carbonyl (C=O) groups excluding carboxylic acids is 1. The third-order valence-corrected chi connectivity index (χ3v) is 7.71. The second kappa shape index (κ2) is 8.91. The first-order valence-electron chi connectivity index (χ1n) is 9.07. The third kappa shape index (κ3) is 5.03. The fourth-order valence-electron chi connectivity index (χ4n) is 2.71. The molecule has 3 rings (SSSR count). The number of anilines is 1. The van der Waals surface area contributed by atoms with Gasteiger partial charge in [0.05, 0.1) is 20.9 Å². The van der Waals surface area contributed by atoms with Crippen LogP contribution in [-0.2, 0) is 9.84 Å². The lowest BCUT2D eigenvalue weighted by Gasteiger charge is -2.22. The molecule has 0 unspecified atom stereocenters. The Kier molecular flexibility index (Phi) is 6.72. The number of carbonyl (C=O) groups is 1. The van der Waals surface area contributed by atoms with E-state index in [0.29, 0.717) is 23.8 Å². The molecular weight excluding hydrogens is 474 g/mol. The highest BCUT2D eigenvalue weighted by molar-refractivity contribution is 9.10. The van der Waals surface area contributed by atoms with E-state index in [2.05, 4.69) is 20.9 Å². The highest BCUT2D eigenvalue weighted by Gasteiger charge is 2.22. The van der Waals surface area contributed by atoms with Crippen LogP contribution in [0.15, 0.2) is 51.8 Å². The number of nitrogens with zero attached hydrogens (tertiary/aromatic N) is 3. The van der Waals surface area contributed by atoms with Gasteiger partial charge in [0.2, 0.25) is 0 Å². The fourth-order valence-corrected chi connectivity index (χ4v) is 5.14. The molecule has 0 radical (unpaired) electrons. The van der Waals surface area contributed by atoms with E-state index in [-0.39, 0.29) is 16.6 Å². The maximum atomic E-state index is 13.2. The zero-order chi connectivity index (χ0) is 21.2. The molecule has 6 nitrogen and oxygen atoms in total. The van der Waals surface area contributed by atoms with Gasteiger partial charge in [-0.2, -0.15) is 0 Å². The fraction of sp³-hybridized carbons (Fsp3) is 0.300. The minimum absolute atomic E-state index is 0.0243. The van der Waals surface area contributed by atoms with E-state index in [0.717, 1.165) is 14.7 Å². The number of fused-ring (bicyclic) bond motifs is 1. The Hall–Kier alpha value is -1.81. The van der Waals surface area contributed by atoms with E-state index in [1.54, 1.807) is 24.0 Å². The molecule has 0 aliphatic rings. The minimum Gasteiger partial charge on any atom is -0.308 e. The van der Waals surface area contributed by atoms with Crippen molar-refractivity contribution in [3.8, 4) is 0 Å². The zero-order valence-corrected chi connectivity index (χ0v) is 19.6. The van der Waals surface area contributed by atoms with E-state index in [1.807, 2.05) is 37.2 Å². The molecule has 1 amide bonds. The number of amides is 1. The van der Waals surface area contributed by atoms with Crippen molar-refractivity contribution in [2.45, 2.75) is 11.8 Å². The van der Waals surface area contributed by atoms with Crippen LogP contribution in [0.1, 0.15) is 17.3 Å². The summed E-state index contributed by atoms with van der Waals surface area (Å²) in [6.45, 7) is 2.75. The largest absolute Gasteiger partial charge is 0.308 e. The standard InChI is InChI=1S/C20H22BrN3O3S2/c1-4-29(26,27)16-8-5-14(6-9-16)19(25)24(12-11-23(2)3)20-22-17-10-7-15(21)13-18(17)28-20/h5-10,13H,4,11-12H2,1-3H3. The number of aromatic nitrogens is 1. The number of likely N-dealkylation sites (N-methyl/N-ethyl adjacent to an activating group) is 1. The normalized spacial score (nSPS) is 11.9. The van der Waals surface area contributed by atoms with Gasteiger partial charge in [0.1, 0.15) is 0 Å². The van der Waals surface area contributed by atoms with Crippen LogP contribution in [0.2, 0.25) is 0 Å².